The maximum absolute atomic E-state index is 12.8. The topological polar surface area (TPSA) is 107 Å². The van der Waals surface area contributed by atoms with Crippen molar-refractivity contribution in [2.24, 2.45) is 5.41 Å². The van der Waals surface area contributed by atoms with Gasteiger partial charge in [0.1, 0.15) is 11.1 Å². The molecule has 0 aromatic carbocycles. The van der Waals surface area contributed by atoms with Crippen molar-refractivity contribution in [2.45, 2.75) is 65.5 Å². The fourth-order valence-electron chi connectivity index (χ4n) is 2.85. The molecule has 0 aromatic rings. The van der Waals surface area contributed by atoms with Crippen molar-refractivity contribution in [3.8, 4) is 0 Å². The summed E-state index contributed by atoms with van der Waals surface area (Å²) in [5, 5.41) is 19.0. The molecule has 25 heavy (non-hydrogen) atoms. The summed E-state index contributed by atoms with van der Waals surface area (Å²) in [5.74, 6) is -1.13. The number of carbonyl (C=O) groups is 3. The Hall–Kier alpha value is -1.99. The van der Waals surface area contributed by atoms with Crippen LogP contribution in [0.2, 0.25) is 0 Å². The van der Waals surface area contributed by atoms with Gasteiger partial charge in [0.15, 0.2) is 0 Å². The van der Waals surface area contributed by atoms with E-state index in [-0.39, 0.29) is 37.9 Å². The molecule has 1 aliphatic heterocycles. The Kier molecular flexibility index (Phi) is 5.97. The van der Waals surface area contributed by atoms with Gasteiger partial charge in [-0.3, -0.25) is 4.90 Å². The summed E-state index contributed by atoms with van der Waals surface area (Å²) >= 11 is 0. The summed E-state index contributed by atoms with van der Waals surface area (Å²) in [6.45, 7) is 11.2. The molecule has 0 bridgehead atoms. The summed E-state index contributed by atoms with van der Waals surface area (Å²) in [5.41, 5.74) is -2.57. The SMILES string of the molecule is CC(C)(C)CN(C(=O)OC(C)(C)C)C1(C(=O)O)CCN(C(=O)O)CC1. The van der Waals surface area contributed by atoms with E-state index in [1.54, 1.807) is 20.8 Å². The van der Waals surface area contributed by atoms with Crippen LogP contribution in [0.1, 0.15) is 54.4 Å². The molecule has 0 saturated carbocycles. The second-order valence-electron chi connectivity index (χ2n) is 8.73. The normalized spacial score (nSPS) is 17.8. The van der Waals surface area contributed by atoms with Crippen molar-refractivity contribution < 1.29 is 29.3 Å². The minimum atomic E-state index is -1.47. The fraction of sp³-hybridized carbons (Fsp3) is 0.824. The lowest BCUT2D eigenvalue weighted by Gasteiger charge is -2.47. The first kappa shape index (κ1) is 21.1. The zero-order valence-corrected chi connectivity index (χ0v) is 16.0. The number of aliphatic carboxylic acids is 1. The number of ether oxygens (including phenoxy) is 1. The maximum Gasteiger partial charge on any atom is 0.411 e. The zero-order valence-electron chi connectivity index (χ0n) is 16.0. The molecule has 8 heteroatoms. The average Bonchev–Trinajstić information content (AvgIpc) is 2.41. The van der Waals surface area contributed by atoms with Gasteiger partial charge < -0.3 is 19.8 Å². The standard InChI is InChI=1S/C17H30N2O6/c1-15(2,3)11-19(14(24)25-16(4,5)6)17(12(20)21)7-9-18(10-8-17)13(22)23/h7-11H2,1-6H3,(H,20,21)(H,22,23). The molecule has 1 rings (SSSR count). The fourth-order valence-corrected chi connectivity index (χ4v) is 2.85. The summed E-state index contributed by atoms with van der Waals surface area (Å²) in [6.07, 6.45) is -1.71. The molecule has 0 aliphatic carbocycles. The second kappa shape index (κ2) is 7.09. The third-order valence-corrected chi connectivity index (χ3v) is 4.02. The first-order valence-electron chi connectivity index (χ1n) is 8.40. The molecule has 8 nitrogen and oxygen atoms in total. The maximum atomic E-state index is 12.8. The van der Waals surface area contributed by atoms with Crippen LogP contribution in [0, 0.1) is 5.41 Å². The summed E-state index contributed by atoms with van der Waals surface area (Å²) < 4.78 is 5.44. The number of carbonyl (C=O) groups excluding carboxylic acids is 1. The Morgan fingerprint density at radius 3 is 1.84 bits per heavy atom. The van der Waals surface area contributed by atoms with Crippen molar-refractivity contribution in [3.63, 3.8) is 0 Å². The van der Waals surface area contributed by atoms with Gasteiger partial charge in [-0.2, -0.15) is 0 Å². The van der Waals surface area contributed by atoms with Crippen LogP contribution in [0.25, 0.3) is 0 Å². The lowest BCUT2D eigenvalue weighted by Crippen LogP contribution is -2.64. The molecule has 1 fully saturated rings. The van der Waals surface area contributed by atoms with E-state index in [0.717, 1.165) is 0 Å². The minimum absolute atomic E-state index is 0.0317. The monoisotopic (exact) mass is 358 g/mol. The molecule has 2 amide bonds. The van der Waals surface area contributed by atoms with E-state index in [9.17, 15) is 19.5 Å². The second-order valence-corrected chi connectivity index (χ2v) is 8.73. The predicted molar refractivity (Wildman–Crippen MR) is 91.6 cm³/mol. The number of hydrogen-bond donors (Lipinski definition) is 2. The average molecular weight is 358 g/mol. The van der Waals surface area contributed by atoms with E-state index in [4.69, 9.17) is 9.84 Å². The van der Waals surface area contributed by atoms with Crippen LogP contribution < -0.4 is 0 Å². The molecule has 0 spiro atoms. The van der Waals surface area contributed by atoms with E-state index in [0.29, 0.717) is 0 Å². The van der Waals surface area contributed by atoms with Crippen LogP contribution >= 0.6 is 0 Å². The summed E-state index contributed by atoms with van der Waals surface area (Å²) in [4.78, 5) is 38.5. The largest absolute Gasteiger partial charge is 0.479 e. The van der Waals surface area contributed by atoms with Crippen LogP contribution in [-0.2, 0) is 9.53 Å². The highest BCUT2D eigenvalue weighted by atomic mass is 16.6. The number of rotatable bonds is 3. The molecule has 0 aromatic heterocycles. The molecule has 144 valence electrons. The third-order valence-electron chi connectivity index (χ3n) is 4.02. The Labute approximate surface area is 148 Å². The summed E-state index contributed by atoms with van der Waals surface area (Å²) in [6, 6.07) is 0. The third kappa shape index (κ3) is 5.51. The van der Waals surface area contributed by atoms with E-state index in [1.165, 1.54) is 9.80 Å². The van der Waals surface area contributed by atoms with Gasteiger partial charge in [-0.15, -0.1) is 0 Å². The van der Waals surface area contributed by atoms with Crippen molar-refractivity contribution in [1.29, 1.82) is 0 Å². The molecule has 1 aliphatic rings. The highest BCUT2D eigenvalue weighted by molar-refractivity contribution is 5.85. The Balaban J connectivity index is 3.20. The Bertz CT molecular complexity index is 524. The number of amides is 2. The molecular formula is C17H30N2O6. The molecule has 1 heterocycles. The van der Waals surface area contributed by atoms with Gasteiger partial charge in [0.2, 0.25) is 0 Å². The highest BCUT2D eigenvalue weighted by Crippen LogP contribution is 2.34. The number of nitrogens with zero attached hydrogens (tertiary/aromatic N) is 2. The lowest BCUT2D eigenvalue weighted by molar-refractivity contribution is -0.155. The first-order valence-corrected chi connectivity index (χ1v) is 8.40. The molecule has 0 atom stereocenters. The Morgan fingerprint density at radius 1 is 1.04 bits per heavy atom. The number of carboxylic acid groups (broad SMARTS) is 2. The van der Waals surface area contributed by atoms with E-state index in [1.807, 2.05) is 20.8 Å². The van der Waals surface area contributed by atoms with Crippen LogP contribution in [0.5, 0.6) is 0 Å². The molecule has 1 saturated heterocycles. The smallest absolute Gasteiger partial charge is 0.411 e. The number of likely N-dealkylation sites (tertiary alicyclic amines) is 1. The van der Waals surface area contributed by atoms with Crippen molar-refractivity contribution in [2.75, 3.05) is 19.6 Å². The number of piperidine rings is 1. The van der Waals surface area contributed by atoms with Gasteiger partial charge in [0, 0.05) is 19.6 Å². The van der Waals surface area contributed by atoms with Crippen molar-refractivity contribution in [1.82, 2.24) is 9.80 Å². The predicted octanol–water partition coefficient (Wildman–Crippen LogP) is 2.87. The van der Waals surface area contributed by atoms with Gasteiger partial charge in [0.05, 0.1) is 0 Å². The zero-order chi connectivity index (χ0) is 19.6. The van der Waals surface area contributed by atoms with E-state index < -0.39 is 29.3 Å². The van der Waals surface area contributed by atoms with Gasteiger partial charge >= 0.3 is 18.2 Å². The van der Waals surface area contributed by atoms with E-state index in [2.05, 4.69) is 0 Å². The minimum Gasteiger partial charge on any atom is -0.479 e. The molecule has 0 unspecified atom stereocenters. The quantitative estimate of drug-likeness (QED) is 0.803. The summed E-state index contributed by atoms with van der Waals surface area (Å²) in [7, 11) is 0. The van der Waals surface area contributed by atoms with E-state index >= 15 is 0 Å². The van der Waals surface area contributed by atoms with Gasteiger partial charge in [-0.1, -0.05) is 20.8 Å². The van der Waals surface area contributed by atoms with Crippen LogP contribution in [0.4, 0.5) is 9.59 Å². The molecule has 2 N–H and O–H groups in total. The molecule has 0 radical (unpaired) electrons. The molecular weight excluding hydrogens is 328 g/mol. The van der Waals surface area contributed by atoms with Gasteiger partial charge in [-0.05, 0) is 39.0 Å². The first-order chi connectivity index (χ1) is 11.2. The number of hydrogen-bond acceptors (Lipinski definition) is 4. The Morgan fingerprint density at radius 2 is 1.52 bits per heavy atom. The van der Waals surface area contributed by atoms with Crippen LogP contribution in [0.15, 0.2) is 0 Å². The highest BCUT2D eigenvalue weighted by Gasteiger charge is 2.51. The number of carboxylic acids is 1. The van der Waals surface area contributed by atoms with Crippen LogP contribution in [-0.4, -0.2) is 68.9 Å². The van der Waals surface area contributed by atoms with Crippen molar-refractivity contribution in [3.05, 3.63) is 0 Å². The van der Waals surface area contributed by atoms with Crippen LogP contribution in [0.3, 0.4) is 0 Å². The van der Waals surface area contributed by atoms with Gasteiger partial charge in [0.25, 0.3) is 0 Å². The lowest BCUT2D eigenvalue weighted by atomic mass is 9.83. The van der Waals surface area contributed by atoms with Crippen molar-refractivity contribution >= 4 is 18.2 Å². The van der Waals surface area contributed by atoms with Gasteiger partial charge in [-0.25, -0.2) is 14.4 Å².